The topological polar surface area (TPSA) is 82.2 Å². The van der Waals surface area contributed by atoms with Crippen LogP contribution in [0.25, 0.3) is 0 Å². The second kappa shape index (κ2) is 9.18. The summed E-state index contributed by atoms with van der Waals surface area (Å²) in [4.78, 5) is 40.7. The van der Waals surface area contributed by atoms with Crippen LogP contribution in [0.4, 0.5) is 15.3 Å². The molecule has 2 aliphatic heterocycles. The Kier molecular flexibility index (Phi) is 6.63. The van der Waals surface area contributed by atoms with Gasteiger partial charge in [-0.05, 0) is 45.0 Å². The first-order valence-corrected chi connectivity index (χ1v) is 10.1. The molecule has 0 aliphatic carbocycles. The van der Waals surface area contributed by atoms with Gasteiger partial charge in [0, 0.05) is 50.4 Å². The number of imide groups is 1. The number of carbonyl (C=O) groups is 3. The van der Waals surface area contributed by atoms with Crippen LogP contribution in [0.5, 0.6) is 0 Å². The van der Waals surface area contributed by atoms with Crippen molar-refractivity contribution in [3.8, 4) is 11.8 Å². The van der Waals surface area contributed by atoms with Crippen LogP contribution in [0, 0.1) is 11.8 Å². The number of amides is 4. The van der Waals surface area contributed by atoms with Gasteiger partial charge in [0.05, 0.1) is 6.54 Å². The van der Waals surface area contributed by atoms with Gasteiger partial charge < -0.3 is 9.64 Å². The zero-order valence-electron chi connectivity index (χ0n) is 17.7. The number of carbonyl (C=O) groups excluding carboxylic acids is 3. The van der Waals surface area contributed by atoms with E-state index in [2.05, 4.69) is 22.1 Å². The Bertz CT molecular complexity index is 856. The molecule has 0 bridgehead atoms. The average molecular weight is 412 g/mol. The Morgan fingerprint density at radius 1 is 1.07 bits per heavy atom. The van der Waals surface area contributed by atoms with Gasteiger partial charge in [0.25, 0.3) is 0 Å². The molecule has 3 rings (SSSR count). The molecule has 1 aromatic rings. The predicted octanol–water partition coefficient (Wildman–Crippen LogP) is 2.04. The van der Waals surface area contributed by atoms with Gasteiger partial charge in [-0.2, -0.15) is 0 Å². The molecular weight excluding hydrogens is 384 g/mol. The molecule has 1 aromatic carbocycles. The summed E-state index contributed by atoms with van der Waals surface area (Å²) in [5.74, 6) is 6.06. The molecule has 160 valence electrons. The van der Waals surface area contributed by atoms with E-state index in [1.54, 1.807) is 9.80 Å². The van der Waals surface area contributed by atoms with Crippen molar-refractivity contribution in [2.75, 3.05) is 44.2 Å². The summed E-state index contributed by atoms with van der Waals surface area (Å²) in [6, 6.07) is 7.01. The lowest BCUT2D eigenvalue weighted by atomic mass is 10.2. The summed E-state index contributed by atoms with van der Waals surface area (Å²) in [5.41, 5.74) is 1.12. The van der Waals surface area contributed by atoms with E-state index < -0.39 is 11.6 Å². The van der Waals surface area contributed by atoms with Crippen molar-refractivity contribution in [3.63, 3.8) is 0 Å². The lowest BCUT2D eigenvalue weighted by molar-refractivity contribution is -0.120. The van der Waals surface area contributed by atoms with Crippen LogP contribution >= 0.6 is 0 Å². The lowest BCUT2D eigenvalue weighted by Gasteiger charge is -2.34. The normalized spacial score (nSPS) is 17.8. The highest BCUT2D eigenvalue weighted by Crippen LogP contribution is 2.17. The second-order valence-corrected chi connectivity index (χ2v) is 8.35. The van der Waals surface area contributed by atoms with Crippen LogP contribution < -0.4 is 10.2 Å². The molecule has 0 spiro atoms. The smallest absolute Gasteiger partial charge is 0.410 e. The summed E-state index contributed by atoms with van der Waals surface area (Å²) in [6.45, 7) is 9.39. The number of anilines is 1. The van der Waals surface area contributed by atoms with E-state index in [9.17, 15) is 14.4 Å². The van der Waals surface area contributed by atoms with E-state index in [4.69, 9.17) is 4.74 Å². The maximum Gasteiger partial charge on any atom is 0.410 e. The van der Waals surface area contributed by atoms with Crippen molar-refractivity contribution in [1.29, 1.82) is 0 Å². The highest BCUT2D eigenvalue weighted by atomic mass is 16.6. The number of nitrogens with zero attached hydrogens (tertiary/aromatic N) is 3. The summed E-state index contributed by atoms with van der Waals surface area (Å²) in [5, 5.41) is 2.32. The van der Waals surface area contributed by atoms with Gasteiger partial charge in [-0.3, -0.25) is 19.9 Å². The Hall–Kier alpha value is -3.05. The van der Waals surface area contributed by atoms with Crippen LogP contribution in [-0.2, 0) is 9.53 Å². The third kappa shape index (κ3) is 5.97. The standard InChI is InChI=1S/C22H28N4O4/c1-22(2,3)30-21(29)25-15-13-24(14-16-25)11-4-5-17-6-8-18(9-7-17)26-12-10-19(27)23-20(26)28/h6-9H,10-16H2,1-3H3,(H,23,27,28). The van der Waals surface area contributed by atoms with Crippen LogP contribution in [-0.4, -0.2) is 72.7 Å². The number of nitrogens with one attached hydrogen (secondary N) is 1. The number of hydrogen-bond donors (Lipinski definition) is 1. The molecule has 8 heteroatoms. The largest absolute Gasteiger partial charge is 0.444 e. The maximum atomic E-state index is 12.1. The van der Waals surface area contributed by atoms with Crippen molar-refractivity contribution in [2.24, 2.45) is 0 Å². The van der Waals surface area contributed by atoms with Gasteiger partial charge in [0.2, 0.25) is 5.91 Å². The molecule has 2 heterocycles. The average Bonchev–Trinajstić information content (AvgIpc) is 2.68. The fourth-order valence-electron chi connectivity index (χ4n) is 3.20. The van der Waals surface area contributed by atoms with E-state index in [1.165, 1.54) is 0 Å². The molecular formula is C22H28N4O4. The van der Waals surface area contributed by atoms with Gasteiger partial charge in [-0.1, -0.05) is 11.8 Å². The van der Waals surface area contributed by atoms with Crippen molar-refractivity contribution in [3.05, 3.63) is 29.8 Å². The van der Waals surface area contributed by atoms with Crippen molar-refractivity contribution in [2.45, 2.75) is 32.8 Å². The van der Waals surface area contributed by atoms with Gasteiger partial charge >= 0.3 is 12.1 Å². The fourth-order valence-corrected chi connectivity index (χ4v) is 3.20. The van der Waals surface area contributed by atoms with E-state index in [-0.39, 0.29) is 12.0 Å². The molecule has 2 saturated heterocycles. The molecule has 0 saturated carbocycles. The molecule has 2 aliphatic rings. The molecule has 0 radical (unpaired) electrons. The Balaban J connectivity index is 1.47. The van der Waals surface area contributed by atoms with Crippen molar-refractivity contribution < 1.29 is 19.1 Å². The van der Waals surface area contributed by atoms with E-state index in [0.717, 1.165) is 24.3 Å². The third-order valence-corrected chi connectivity index (χ3v) is 4.79. The van der Waals surface area contributed by atoms with Crippen LogP contribution in [0.15, 0.2) is 24.3 Å². The van der Waals surface area contributed by atoms with E-state index >= 15 is 0 Å². The van der Waals surface area contributed by atoms with Gasteiger partial charge in [-0.15, -0.1) is 0 Å². The number of rotatable bonds is 2. The lowest BCUT2D eigenvalue weighted by Crippen LogP contribution is -2.50. The quantitative estimate of drug-likeness (QED) is 0.752. The van der Waals surface area contributed by atoms with Gasteiger partial charge in [-0.25, -0.2) is 9.59 Å². The van der Waals surface area contributed by atoms with E-state index in [1.807, 2.05) is 45.0 Å². The highest BCUT2D eigenvalue weighted by molar-refractivity contribution is 6.05. The minimum Gasteiger partial charge on any atom is -0.444 e. The van der Waals surface area contributed by atoms with Crippen LogP contribution in [0.2, 0.25) is 0 Å². The number of urea groups is 1. The Labute approximate surface area is 177 Å². The minimum atomic E-state index is -0.482. The zero-order valence-corrected chi connectivity index (χ0v) is 17.7. The summed E-state index contributed by atoms with van der Waals surface area (Å²) >= 11 is 0. The molecule has 0 atom stereocenters. The first kappa shape index (κ1) is 21.7. The Morgan fingerprint density at radius 3 is 2.33 bits per heavy atom. The summed E-state index contributed by atoms with van der Waals surface area (Å²) < 4.78 is 5.41. The number of hydrogen-bond acceptors (Lipinski definition) is 5. The molecule has 1 N–H and O–H groups in total. The van der Waals surface area contributed by atoms with E-state index in [0.29, 0.717) is 32.6 Å². The molecule has 0 aromatic heterocycles. The number of ether oxygens (including phenoxy) is 1. The second-order valence-electron chi connectivity index (χ2n) is 8.35. The highest BCUT2D eigenvalue weighted by Gasteiger charge is 2.26. The van der Waals surface area contributed by atoms with Gasteiger partial charge in [0.15, 0.2) is 0 Å². The molecule has 30 heavy (non-hydrogen) atoms. The zero-order chi connectivity index (χ0) is 21.7. The maximum absolute atomic E-state index is 12.1. The first-order chi connectivity index (χ1) is 14.2. The minimum absolute atomic E-state index is 0.245. The predicted molar refractivity (Wildman–Crippen MR) is 113 cm³/mol. The van der Waals surface area contributed by atoms with Crippen LogP contribution in [0.3, 0.4) is 0 Å². The van der Waals surface area contributed by atoms with Crippen molar-refractivity contribution >= 4 is 23.7 Å². The number of piperazine rings is 1. The summed E-state index contributed by atoms with van der Waals surface area (Å²) in [7, 11) is 0. The first-order valence-electron chi connectivity index (χ1n) is 10.1. The Morgan fingerprint density at radius 2 is 1.73 bits per heavy atom. The fraction of sp³-hybridized carbons (Fsp3) is 0.500. The summed E-state index contributed by atoms with van der Waals surface area (Å²) in [6.07, 6.45) is 0.0363. The molecule has 8 nitrogen and oxygen atoms in total. The monoisotopic (exact) mass is 412 g/mol. The van der Waals surface area contributed by atoms with Crippen molar-refractivity contribution in [1.82, 2.24) is 15.1 Å². The molecule has 2 fully saturated rings. The number of benzene rings is 1. The molecule has 0 unspecified atom stereocenters. The molecule has 4 amide bonds. The third-order valence-electron chi connectivity index (χ3n) is 4.79. The SMILES string of the molecule is CC(C)(C)OC(=O)N1CCN(CC#Cc2ccc(N3CCC(=O)NC3=O)cc2)CC1. The van der Waals surface area contributed by atoms with Crippen LogP contribution in [0.1, 0.15) is 32.8 Å². The van der Waals surface area contributed by atoms with Gasteiger partial charge in [0.1, 0.15) is 5.60 Å².